The fraction of sp³-hybridized carbons (Fsp3) is 0.182. The summed E-state index contributed by atoms with van der Waals surface area (Å²) in [5.41, 5.74) is 1.19. The molecule has 90 valence electrons. The normalized spacial score (nSPS) is 11.8. The van der Waals surface area contributed by atoms with Gasteiger partial charge in [-0.3, -0.25) is 0 Å². The van der Waals surface area contributed by atoms with E-state index in [1.165, 1.54) is 8.05 Å². The lowest BCUT2D eigenvalue weighted by atomic mass is 10.1. The number of hydrogen-bond donors (Lipinski definition) is 0. The van der Waals surface area contributed by atoms with Crippen LogP contribution in [-0.4, -0.2) is 18.2 Å². The van der Waals surface area contributed by atoms with Gasteiger partial charge in [0.25, 0.3) is 5.89 Å². The summed E-state index contributed by atoms with van der Waals surface area (Å²) in [5, 5.41) is 18.8. The number of nitriles is 1. The number of hydrogen-bond acceptors (Lipinski definition) is 6. The zero-order chi connectivity index (χ0) is 13.1. The summed E-state index contributed by atoms with van der Waals surface area (Å²) in [4.78, 5) is 1.12. The van der Waals surface area contributed by atoms with E-state index in [9.17, 15) is 5.26 Å². The Morgan fingerprint density at radius 2 is 2.28 bits per heavy atom. The van der Waals surface area contributed by atoms with Crippen molar-refractivity contribution in [2.75, 3.05) is 0 Å². The fourth-order valence-corrected chi connectivity index (χ4v) is 2.20. The van der Waals surface area contributed by atoms with Gasteiger partial charge in [-0.05, 0) is 18.4 Å². The quantitative estimate of drug-likeness (QED) is 0.476. The molecule has 0 unspecified atom stereocenters. The molecule has 5 nitrogen and oxygen atoms in total. The molecule has 0 fully saturated rings. The summed E-state index contributed by atoms with van der Waals surface area (Å²) < 4.78 is 10.5. The minimum Gasteiger partial charge on any atom is -0.563 e. The largest absolute Gasteiger partial charge is 0.563 e. The Morgan fingerprint density at radius 1 is 1.50 bits per heavy atom. The van der Waals surface area contributed by atoms with Crippen LogP contribution in [0.25, 0.3) is 11.3 Å². The molecular weight excluding hydrogens is 249 g/mol. The van der Waals surface area contributed by atoms with Gasteiger partial charge in [-0.25, -0.2) is 0 Å². The molecule has 0 bridgehead atoms. The summed E-state index contributed by atoms with van der Waals surface area (Å²) in [5.74, 6) is 0.949. The van der Waals surface area contributed by atoms with Gasteiger partial charge in [0.2, 0.25) is 5.89 Å². The predicted octanol–water partition coefficient (Wildman–Crippen LogP) is 1.70. The average molecular weight is 259 g/mol. The second-order valence-corrected chi connectivity index (χ2v) is 4.71. The Balaban J connectivity index is 2.56. The van der Waals surface area contributed by atoms with Crippen LogP contribution in [0.2, 0.25) is 0 Å². The molecule has 0 aliphatic carbocycles. The lowest BCUT2D eigenvalue weighted by Gasteiger charge is -2.04. The highest BCUT2D eigenvalue weighted by molar-refractivity contribution is 7.10. The predicted molar refractivity (Wildman–Crippen MR) is 70.1 cm³/mol. The third-order valence-corrected chi connectivity index (χ3v) is 3.14. The van der Waals surface area contributed by atoms with Gasteiger partial charge < -0.3 is 9.07 Å². The van der Waals surface area contributed by atoms with Gasteiger partial charge in [-0.15, -0.1) is 21.5 Å². The molecule has 2 heterocycles. The van der Waals surface area contributed by atoms with Gasteiger partial charge in [-0.2, -0.15) is 5.26 Å². The summed E-state index contributed by atoms with van der Waals surface area (Å²) in [6.07, 6.45) is 0. The van der Waals surface area contributed by atoms with E-state index >= 15 is 0 Å². The SMILES string of the molecule is BOC(=C(C#N)c1csc(C)c1)c1nnc(C)o1. The molecule has 0 saturated heterocycles. The first-order valence-corrected chi connectivity index (χ1v) is 6.08. The van der Waals surface area contributed by atoms with Gasteiger partial charge in [0.15, 0.2) is 5.76 Å². The molecule has 18 heavy (non-hydrogen) atoms. The maximum absolute atomic E-state index is 9.29. The standard InChI is InChI=1S/C11H10BN3O2S/c1-6-3-8(5-18-6)9(4-13)10(17-12)11-15-14-7(2)16-11/h3,5H,12H2,1-2H3. The first-order chi connectivity index (χ1) is 8.65. The van der Waals surface area contributed by atoms with Crippen molar-refractivity contribution in [2.24, 2.45) is 0 Å². The second-order valence-electron chi connectivity index (χ2n) is 3.59. The summed E-state index contributed by atoms with van der Waals surface area (Å²) >= 11 is 1.57. The summed E-state index contributed by atoms with van der Waals surface area (Å²) in [6, 6.07) is 4.05. The maximum Gasteiger partial charge on any atom is 0.322 e. The Kier molecular flexibility index (Phi) is 3.49. The van der Waals surface area contributed by atoms with Crippen LogP contribution in [0.3, 0.4) is 0 Å². The molecule has 0 saturated carbocycles. The second kappa shape index (κ2) is 5.06. The first-order valence-electron chi connectivity index (χ1n) is 5.20. The van der Waals surface area contributed by atoms with Crippen molar-refractivity contribution in [3.63, 3.8) is 0 Å². The number of aromatic nitrogens is 2. The molecule has 0 N–H and O–H groups in total. The van der Waals surface area contributed by atoms with Crippen molar-refractivity contribution >= 4 is 30.7 Å². The summed E-state index contributed by atoms with van der Waals surface area (Å²) in [6.45, 7) is 3.66. The molecule has 7 heteroatoms. The fourth-order valence-electron chi connectivity index (χ4n) is 1.51. The van der Waals surface area contributed by atoms with Crippen LogP contribution in [0.1, 0.15) is 22.2 Å². The first kappa shape index (κ1) is 12.4. The van der Waals surface area contributed by atoms with Gasteiger partial charge in [0.1, 0.15) is 11.6 Å². The molecule has 0 atom stereocenters. The molecule has 0 amide bonds. The van der Waals surface area contributed by atoms with Gasteiger partial charge in [-0.1, -0.05) is 0 Å². The van der Waals surface area contributed by atoms with E-state index in [-0.39, 0.29) is 5.89 Å². The zero-order valence-corrected chi connectivity index (χ0v) is 11.0. The van der Waals surface area contributed by atoms with Crippen molar-refractivity contribution < 1.29 is 9.07 Å². The molecular formula is C11H10BN3O2S. The number of rotatable bonds is 3. The highest BCUT2D eigenvalue weighted by Crippen LogP contribution is 2.28. The highest BCUT2D eigenvalue weighted by atomic mass is 32.1. The minimum atomic E-state index is 0.218. The molecule has 2 aromatic rings. The molecule has 2 aromatic heterocycles. The van der Waals surface area contributed by atoms with Crippen molar-refractivity contribution in [2.45, 2.75) is 13.8 Å². The number of nitrogens with zero attached hydrogens (tertiary/aromatic N) is 3. The van der Waals surface area contributed by atoms with Crippen LogP contribution in [0.4, 0.5) is 0 Å². The van der Waals surface area contributed by atoms with Crippen LogP contribution in [0.5, 0.6) is 0 Å². The van der Waals surface area contributed by atoms with Crippen molar-refractivity contribution in [1.29, 1.82) is 5.26 Å². The van der Waals surface area contributed by atoms with Gasteiger partial charge in [0, 0.05) is 17.4 Å². The monoisotopic (exact) mass is 259 g/mol. The average Bonchev–Trinajstić information content (AvgIpc) is 2.95. The molecule has 0 aliphatic rings. The summed E-state index contributed by atoms with van der Waals surface area (Å²) in [7, 11) is 1.48. The number of aryl methyl sites for hydroxylation is 2. The van der Waals surface area contributed by atoms with E-state index in [0.29, 0.717) is 17.2 Å². The Morgan fingerprint density at radius 3 is 2.72 bits per heavy atom. The van der Waals surface area contributed by atoms with Crippen LogP contribution in [-0.2, 0) is 4.65 Å². The van der Waals surface area contributed by atoms with Crippen molar-refractivity contribution in [3.8, 4) is 6.07 Å². The van der Waals surface area contributed by atoms with Gasteiger partial charge in [0.05, 0.1) is 0 Å². The van der Waals surface area contributed by atoms with E-state index < -0.39 is 0 Å². The Bertz CT molecular complexity index is 639. The van der Waals surface area contributed by atoms with Crippen molar-refractivity contribution in [3.05, 3.63) is 33.7 Å². The maximum atomic E-state index is 9.29. The third-order valence-electron chi connectivity index (χ3n) is 2.28. The molecule has 2 rings (SSSR count). The molecule has 0 spiro atoms. The van der Waals surface area contributed by atoms with Crippen LogP contribution >= 0.6 is 11.3 Å². The minimum absolute atomic E-state index is 0.218. The van der Waals surface area contributed by atoms with E-state index in [2.05, 4.69) is 16.3 Å². The zero-order valence-electron chi connectivity index (χ0n) is 10.2. The number of allylic oxidation sites excluding steroid dienone is 1. The smallest absolute Gasteiger partial charge is 0.322 e. The van der Waals surface area contributed by atoms with Crippen molar-refractivity contribution in [1.82, 2.24) is 10.2 Å². The lowest BCUT2D eigenvalue weighted by Crippen LogP contribution is -1.94. The van der Waals surface area contributed by atoms with E-state index in [0.717, 1.165) is 10.4 Å². The Hall–Kier alpha value is -2.07. The van der Waals surface area contributed by atoms with Crippen LogP contribution in [0.15, 0.2) is 15.9 Å². The van der Waals surface area contributed by atoms with E-state index in [4.69, 9.17) is 9.07 Å². The molecule has 0 aliphatic heterocycles. The third kappa shape index (κ3) is 2.29. The van der Waals surface area contributed by atoms with E-state index in [1.54, 1.807) is 18.3 Å². The highest BCUT2D eigenvalue weighted by Gasteiger charge is 2.17. The van der Waals surface area contributed by atoms with Crippen LogP contribution in [0, 0.1) is 25.2 Å². The Labute approximate surface area is 109 Å². The molecule has 0 aromatic carbocycles. The number of thiophene rings is 1. The lowest BCUT2D eigenvalue weighted by molar-refractivity contribution is 0.464. The van der Waals surface area contributed by atoms with Gasteiger partial charge >= 0.3 is 8.05 Å². The topological polar surface area (TPSA) is 71.9 Å². The van der Waals surface area contributed by atoms with E-state index in [1.807, 2.05) is 18.4 Å². The molecule has 0 radical (unpaired) electrons. The van der Waals surface area contributed by atoms with Crippen LogP contribution < -0.4 is 0 Å².